The summed E-state index contributed by atoms with van der Waals surface area (Å²) >= 11 is 0. The summed E-state index contributed by atoms with van der Waals surface area (Å²) in [7, 11) is 1.64. The van der Waals surface area contributed by atoms with Gasteiger partial charge in [-0.3, -0.25) is 4.90 Å². The average Bonchev–Trinajstić information content (AvgIpc) is 3.20. The molecule has 190 valence electrons. The Morgan fingerprint density at radius 1 is 1.11 bits per heavy atom. The van der Waals surface area contributed by atoms with Crippen molar-refractivity contribution in [2.45, 2.75) is 52.2 Å². The predicted molar refractivity (Wildman–Crippen MR) is 132 cm³/mol. The molecule has 1 heterocycles. The van der Waals surface area contributed by atoms with E-state index in [0.717, 1.165) is 41.9 Å². The molecule has 0 bridgehead atoms. The van der Waals surface area contributed by atoms with Gasteiger partial charge in [0.2, 0.25) is 5.88 Å². The average molecular weight is 488 g/mol. The highest BCUT2D eigenvalue weighted by atomic mass is 19.1. The molecule has 1 aromatic heterocycles. The van der Waals surface area contributed by atoms with E-state index in [4.69, 9.17) is 14.6 Å². The fourth-order valence-electron chi connectivity index (χ4n) is 3.94. The number of aliphatic hydroxyl groups is 1. The van der Waals surface area contributed by atoms with Gasteiger partial charge in [-0.25, -0.2) is 13.5 Å². The van der Waals surface area contributed by atoms with Crippen molar-refractivity contribution in [1.82, 2.24) is 14.7 Å². The van der Waals surface area contributed by atoms with Crippen molar-refractivity contribution < 1.29 is 23.4 Å². The molecule has 8 heteroatoms. The van der Waals surface area contributed by atoms with Gasteiger partial charge in [-0.15, -0.1) is 0 Å². The Morgan fingerprint density at radius 3 is 2.54 bits per heavy atom. The number of benzene rings is 2. The van der Waals surface area contributed by atoms with E-state index in [1.165, 1.54) is 6.07 Å². The minimum absolute atomic E-state index is 0.0844. The fourth-order valence-corrected chi connectivity index (χ4v) is 3.94. The number of aromatic nitrogens is 2. The third kappa shape index (κ3) is 7.34. The van der Waals surface area contributed by atoms with Gasteiger partial charge in [0.15, 0.2) is 11.6 Å². The van der Waals surface area contributed by atoms with E-state index < -0.39 is 17.7 Å². The first-order valence-corrected chi connectivity index (χ1v) is 12.1. The van der Waals surface area contributed by atoms with E-state index in [1.807, 2.05) is 37.3 Å². The largest absolute Gasteiger partial charge is 0.435 e. The zero-order valence-electron chi connectivity index (χ0n) is 20.7. The lowest BCUT2D eigenvalue weighted by atomic mass is 10.1. The minimum atomic E-state index is -0.791. The van der Waals surface area contributed by atoms with Gasteiger partial charge in [-0.1, -0.05) is 44.9 Å². The molecule has 3 rings (SSSR count). The minimum Gasteiger partial charge on any atom is -0.435 e. The summed E-state index contributed by atoms with van der Waals surface area (Å²) < 4.78 is 41.1. The second kappa shape index (κ2) is 13.3. The van der Waals surface area contributed by atoms with Crippen LogP contribution in [-0.4, -0.2) is 52.7 Å². The number of hydrogen-bond donors (Lipinski definition) is 1. The quantitative estimate of drug-likeness (QED) is 0.325. The maximum atomic E-state index is 14.6. The Kier molecular flexibility index (Phi) is 10.2. The number of ether oxygens (including phenoxy) is 2. The number of hydrogen-bond acceptors (Lipinski definition) is 5. The van der Waals surface area contributed by atoms with Crippen molar-refractivity contribution in [3.05, 3.63) is 71.4 Å². The van der Waals surface area contributed by atoms with E-state index in [0.29, 0.717) is 45.0 Å². The third-order valence-corrected chi connectivity index (χ3v) is 5.81. The highest BCUT2D eigenvalue weighted by molar-refractivity contribution is 5.44. The second-order valence-electron chi connectivity index (χ2n) is 8.53. The van der Waals surface area contributed by atoms with E-state index >= 15 is 0 Å². The number of aryl methyl sites for hydroxylation is 1. The molecular formula is C27H35F2N3O3. The van der Waals surface area contributed by atoms with Crippen LogP contribution < -0.4 is 4.74 Å². The van der Waals surface area contributed by atoms with Crippen LogP contribution in [-0.2, 0) is 17.7 Å². The summed E-state index contributed by atoms with van der Waals surface area (Å²) in [6.45, 7) is 6.09. The van der Waals surface area contributed by atoms with Gasteiger partial charge in [0.05, 0.1) is 29.7 Å². The molecule has 0 aliphatic heterocycles. The van der Waals surface area contributed by atoms with Crippen molar-refractivity contribution in [2.24, 2.45) is 0 Å². The predicted octanol–water partition coefficient (Wildman–Crippen LogP) is 5.50. The maximum Gasteiger partial charge on any atom is 0.227 e. The topological polar surface area (TPSA) is 59.8 Å². The Bertz CT molecular complexity index is 1060. The van der Waals surface area contributed by atoms with Crippen LogP contribution in [0.2, 0.25) is 0 Å². The molecule has 0 saturated carbocycles. The fraction of sp³-hybridized carbons (Fsp3) is 0.444. The van der Waals surface area contributed by atoms with E-state index in [2.05, 4.69) is 11.8 Å². The van der Waals surface area contributed by atoms with Crippen LogP contribution >= 0.6 is 0 Å². The van der Waals surface area contributed by atoms with Gasteiger partial charge in [-0.05, 0) is 37.1 Å². The van der Waals surface area contributed by atoms with Gasteiger partial charge >= 0.3 is 0 Å². The Morgan fingerprint density at radius 2 is 1.89 bits per heavy atom. The maximum absolute atomic E-state index is 14.6. The lowest BCUT2D eigenvalue weighted by Gasteiger charge is -2.25. The number of halogens is 2. The SMILES string of the molecule is CCCC[C@@H](O)CN(CCOC)Cc1c(CC)nn(-c2ccccc2)c1Oc1ccc(F)cc1F. The highest BCUT2D eigenvalue weighted by Gasteiger charge is 2.24. The molecule has 0 aliphatic carbocycles. The van der Waals surface area contributed by atoms with Gasteiger partial charge in [0, 0.05) is 32.8 Å². The molecular weight excluding hydrogens is 452 g/mol. The summed E-state index contributed by atoms with van der Waals surface area (Å²) in [6, 6.07) is 12.7. The summed E-state index contributed by atoms with van der Waals surface area (Å²) in [6.07, 6.45) is 2.84. The molecule has 3 aromatic rings. The number of rotatable bonds is 14. The van der Waals surface area contributed by atoms with E-state index in [-0.39, 0.29) is 5.75 Å². The number of methoxy groups -OCH3 is 1. The molecule has 0 amide bonds. The molecule has 0 spiro atoms. The van der Waals surface area contributed by atoms with Crippen LogP contribution in [0.3, 0.4) is 0 Å². The van der Waals surface area contributed by atoms with Gasteiger partial charge in [0.1, 0.15) is 5.82 Å². The molecule has 1 atom stereocenters. The monoisotopic (exact) mass is 487 g/mol. The molecule has 0 unspecified atom stereocenters. The van der Waals surface area contributed by atoms with Crippen LogP contribution in [0.1, 0.15) is 44.4 Å². The van der Waals surface area contributed by atoms with E-state index in [9.17, 15) is 13.9 Å². The lowest BCUT2D eigenvalue weighted by molar-refractivity contribution is 0.0786. The molecule has 0 fully saturated rings. The first-order chi connectivity index (χ1) is 17.0. The van der Waals surface area contributed by atoms with Gasteiger partial charge in [0.25, 0.3) is 0 Å². The van der Waals surface area contributed by atoms with Crippen LogP contribution in [0.4, 0.5) is 8.78 Å². The van der Waals surface area contributed by atoms with Crippen LogP contribution in [0.25, 0.3) is 5.69 Å². The highest BCUT2D eigenvalue weighted by Crippen LogP contribution is 2.33. The first-order valence-electron chi connectivity index (χ1n) is 12.1. The zero-order valence-corrected chi connectivity index (χ0v) is 20.7. The normalized spacial score (nSPS) is 12.3. The van der Waals surface area contributed by atoms with Gasteiger partial charge < -0.3 is 14.6 Å². The van der Waals surface area contributed by atoms with Crippen molar-refractivity contribution >= 4 is 0 Å². The standard InChI is InChI=1S/C27H35F2N3O3/c1-4-6-12-22(33)18-31(15-16-34-3)19-23-25(5-2)30-32(21-10-8-7-9-11-21)27(23)35-26-14-13-20(28)17-24(26)29/h7-11,13-14,17,22,33H,4-6,12,15-16,18-19H2,1-3H3/t22-/m1/s1. The second-order valence-corrected chi connectivity index (χ2v) is 8.53. The molecule has 2 aromatic carbocycles. The third-order valence-electron chi connectivity index (χ3n) is 5.81. The molecule has 0 saturated heterocycles. The lowest BCUT2D eigenvalue weighted by Crippen LogP contribution is -2.34. The van der Waals surface area contributed by atoms with Gasteiger partial charge in [-0.2, -0.15) is 5.10 Å². The van der Waals surface area contributed by atoms with Crippen molar-refractivity contribution in [3.8, 4) is 17.3 Å². The Labute approximate surface area is 206 Å². The van der Waals surface area contributed by atoms with Crippen molar-refractivity contribution in [2.75, 3.05) is 26.8 Å². The van der Waals surface area contributed by atoms with Crippen molar-refractivity contribution in [3.63, 3.8) is 0 Å². The number of aliphatic hydroxyl groups excluding tert-OH is 1. The van der Waals surface area contributed by atoms with Crippen LogP contribution in [0.5, 0.6) is 11.6 Å². The summed E-state index contributed by atoms with van der Waals surface area (Å²) in [4.78, 5) is 2.10. The zero-order chi connectivity index (χ0) is 25.2. The molecule has 35 heavy (non-hydrogen) atoms. The molecule has 6 nitrogen and oxygen atoms in total. The molecule has 1 N–H and O–H groups in total. The summed E-state index contributed by atoms with van der Waals surface area (Å²) in [5, 5.41) is 15.4. The first kappa shape index (κ1) is 26.8. The molecule has 0 aliphatic rings. The number of nitrogens with zero attached hydrogens (tertiary/aromatic N) is 3. The summed E-state index contributed by atoms with van der Waals surface area (Å²) in [5.41, 5.74) is 2.35. The van der Waals surface area contributed by atoms with Crippen molar-refractivity contribution in [1.29, 1.82) is 0 Å². The van der Waals surface area contributed by atoms with Crippen LogP contribution in [0, 0.1) is 11.6 Å². The van der Waals surface area contributed by atoms with Crippen LogP contribution in [0.15, 0.2) is 48.5 Å². The molecule has 0 radical (unpaired) electrons. The smallest absolute Gasteiger partial charge is 0.227 e. The summed E-state index contributed by atoms with van der Waals surface area (Å²) in [5.74, 6) is -1.18. The van der Waals surface area contributed by atoms with E-state index in [1.54, 1.807) is 11.8 Å². The Balaban J connectivity index is 2.02. The Hall–Kier alpha value is -2.81. The number of unbranched alkanes of at least 4 members (excludes halogenated alkanes) is 1. The number of para-hydroxylation sites is 1.